The molecule has 4 rings (SSSR count). The summed E-state index contributed by atoms with van der Waals surface area (Å²) in [6.45, 7) is 2.39. The third-order valence-electron chi connectivity index (χ3n) is 4.90. The van der Waals surface area contributed by atoms with Crippen LogP contribution in [0, 0.1) is 0 Å². The number of fused-ring (bicyclic) bond motifs is 1. The molecule has 1 nitrogen and oxygen atoms in total. The molecule has 0 saturated carbocycles. The molecule has 0 amide bonds. The second-order valence-corrected chi connectivity index (χ2v) is 6.16. The predicted octanol–water partition coefficient (Wildman–Crippen LogP) is 4.55. The fourth-order valence-corrected chi connectivity index (χ4v) is 3.84. The first-order chi connectivity index (χ1) is 10.4. The molecule has 2 aromatic carbocycles. The Morgan fingerprint density at radius 1 is 0.810 bits per heavy atom. The van der Waals surface area contributed by atoms with Crippen LogP contribution >= 0.6 is 0 Å². The SMILES string of the molecule is C1=C2CCCN2CC(c2ccccc2)C1c1ccccc1. The molecule has 0 N–H and O–H groups in total. The maximum Gasteiger partial charge on any atom is 0.0252 e. The third kappa shape index (κ3) is 2.37. The monoisotopic (exact) mass is 275 g/mol. The van der Waals surface area contributed by atoms with Crippen molar-refractivity contribution in [1.82, 2.24) is 4.90 Å². The van der Waals surface area contributed by atoms with Gasteiger partial charge in [0.25, 0.3) is 0 Å². The number of hydrogen-bond donors (Lipinski definition) is 0. The van der Waals surface area contributed by atoms with Gasteiger partial charge >= 0.3 is 0 Å². The van der Waals surface area contributed by atoms with Crippen LogP contribution in [0.25, 0.3) is 0 Å². The van der Waals surface area contributed by atoms with E-state index in [0.29, 0.717) is 11.8 Å². The maximum absolute atomic E-state index is 2.59. The molecule has 106 valence electrons. The van der Waals surface area contributed by atoms with E-state index >= 15 is 0 Å². The highest BCUT2D eigenvalue weighted by Crippen LogP contribution is 2.42. The fourth-order valence-electron chi connectivity index (χ4n) is 3.84. The minimum absolute atomic E-state index is 0.512. The zero-order chi connectivity index (χ0) is 14.1. The van der Waals surface area contributed by atoms with Crippen molar-refractivity contribution in [2.24, 2.45) is 0 Å². The minimum Gasteiger partial charge on any atom is -0.374 e. The molecule has 0 aliphatic carbocycles. The van der Waals surface area contributed by atoms with E-state index < -0.39 is 0 Å². The number of benzene rings is 2. The molecule has 2 unspecified atom stereocenters. The highest BCUT2D eigenvalue weighted by atomic mass is 15.2. The van der Waals surface area contributed by atoms with E-state index in [9.17, 15) is 0 Å². The molecule has 1 fully saturated rings. The molecule has 0 radical (unpaired) electrons. The van der Waals surface area contributed by atoms with Gasteiger partial charge in [0, 0.05) is 30.6 Å². The molecule has 21 heavy (non-hydrogen) atoms. The molecule has 2 aromatic rings. The van der Waals surface area contributed by atoms with Crippen LogP contribution in [0.3, 0.4) is 0 Å². The largest absolute Gasteiger partial charge is 0.374 e. The van der Waals surface area contributed by atoms with Crippen molar-refractivity contribution < 1.29 is 0 Å². The van der Waals surface area contributed by atoms with Crippen LogP contribution in [-0.2, 0) is 0 Å². The number of nitrogens with zero attached hydrogens (tertiary/aromatic N) is 1. The summed E-state index contributed by atoms with van der Waals surface area (Å²) in [5.74, 6) is 1.08. The Balaban J connectivity index is 1.77. The van der Waals surface area contributed by atoms with E-state index in [0.717, 1.165) is 6.54 Å². The van der Waals surface area contributed by atoms with E-state index in [-0.39, 0.29) is 0 Å². The van der Waals surface area contributed by atoms with Gasteiger partial charge in [-0.15, -0.1) is 0 Å². The molecule has 0 aromatic heterocycles. The first-order valence-electron chi connectivity index (χ1n) is 7.97. The predicted molar refractivity (Wildman–Crippen MR) is 87.3 cm³/mol. The summed E-state index contributed by atoms with van der Waals surface area (Å²) in [5, 5.41) is 0. The quantitative estimate of drug-likeness (QED) is 0.777. The van der Waals surface area contributed by atoms with Gasteiger partial charge in [-0.3, -0.25) is 0 Å². The summed E-state index contributed by atoms with van der Waals surface area (Å²) in [6.07, 6.45) is 5.10. The summed E-state index contributed by atoms with van der Waals surface area (Å²) in [4.78, 5) is 2.59. The van der Waals surface area contributed by atoms with E-state index in [4.69, 9.17) is 0 Å². The average Bonchev–Trinajstić information content (AvgIpc) is 3.03. The zero-order valence-electron chi connectivity index (χ0n) is 12.3. The van der Waals surface area contributed by atoms with Crippen molar-refractivity contribution in [3.05, 3.63) is 83.6 Å². The third-order valence-corrected chi connectivity index (χ3v) is 4.90. The second-order valence-electron chi connectivity index (χ2n) is 6.16. The first kappa shape index (κ1) is 12.7. The topological polar surface area (TPSA) is 3.24 Å². The van der Waals surface area contributed by atoms with Crippen LogP contribution in [0.1, 0.15) is 35.8 Å². The summed E-state index contributed by atoms with van der Waals surface area (Å²) >= 11 is 0. The van der Waals surface area contributed by atoms with Gasteiger partial charge in [-0.1, -0.05) is 66.7 Å². The zero-order valence-corrected chi connectivity index (χ0v) is 12.3. The Morgan fingerprint density at radius 2 is 1.48 bits per heavy atom. The molecule has 2 heterocycles. The molecule has 2 atom stereocenters. The molecular formula is C20H21N. The van der Waals surface area contributed by atoms with Gasteiger partial charge in [-0.2, -0.15) is 0 Å². The van der Waals surface area contributed by atoms with Crippen molar-refractivity contribution in [3.8, 4) is 0 Å². The smallest absolute Gasteiger partial charge is 0.0252 e. The van der Waals surface area contributed by atoms with Gasteiger partial charge in [-0.05, 0) is 24.0 Å². The molecule has 1 saturated heterocycles. The lowest BCUT2D eigenvalue weighted by Gasteiger charge is -2.37. The lowest BCUT2D eigenvalue weighted by atomic mass is 9.78. The van der Waals surface area contributed by atoms with Gasteiger partial charge in [-0.25, -0.2) is 0 Å². The Morgan fingerprint density at radius 3 is 2.19 bits per heavy atom. The lowest BCUT2D eigenvalue weighted by Crippen LogP contribution is -2.32. The molecule has 2 aliphatic rings. The summed E-state index contributed by atoms with van der Waals surface area (Å²) in [5.41, 5.74) is 4.48. The van der Waals surface area contributed by atoms with Gasteiger partial charge in [0.05, 0.1) is 0 Å². The van der Waals surface area contributed by atoms with Gasteiger partial charge in [0.2, 0.25) is 0 Å². The Bertz CT molecular complexity index is 629. The fraction of sp³-hybridized carbons (Fsp3) is 0.300. The van der Waals surface area contributed by atoms with Crippen LogP contribution in [0.5, 0.6) is 0 Å². The number of rotatable bonds is 2. The first-order valence-corrected chi connectivity index (χ1v) is 7.97. The molecule has 0 bridgehead atoms. The normalized spacial score (nSPS) is 24.6. The summed E-state index contributed by atoms with van der Waals surface area (Å²) in [7, 11) is 0. The minimum atomic E-state index is 0.512. The van der Waals surface area contributed by atoms with E-state index in [1.807, 2.05) is 0 Å². The van der Waals surface area contributed by atoms with E-state index in [2.05, 4.69) is 71.6 Å². The Hall–Kier alpha value is -2.02. The lowest BCUT2D eigenvalue weighted by molar-refractivity contribution is 0.324. The summed E-state index contributed by atoms with van der Waals surface area (Å²) in [6, 6.07) is 22.0. The highest BCUT2D eigenvalue weighted by Gasteiger charge is 2.32. The van der Waals surface area contributed by atoms with E-state index in [1.54, 1.807) is 5.70 Å². The van der Waals surface area contributed by atoms with Crippen molar-refractivity contribution in [2.45, 2.75) is 24.7 Å². The summed E-state index contributed by atoms with van der Waals surface area (Å²) < 4.78 is 0. The molecule has 1 heteroatoms. The highest BCUT2D eigenvalue weighted by molar-refractivity contribution is 5.36. The van der Waals surface area contributed by atoms with Crippen molar-refractivity contribution in [3.63, 3.8) is 0 Å². The standard InChI is InChI=1S/C20H21N/c1-3-8-16(9-4-1)19-14-18-12-7-13-21(18)15-20(19)17-10-5-2-6-11-17/h1-6,8-11,14,19-20H,7,12-13,15H2. The second kappa shape index (κ2) is 5.40. The molecule has 2 aliphatic heterocycles. The maximum atomic E-state index is 2.59. The van der Waals surface area contributed by atoms with Crippen molar-refractivity contribution in [2.75, 3.05) is 13.1 Å². The molecule has 0 spiro atoms. The number of allylic oxidation sites excluding steroid dienone is 2. The number of hydrogen-bond acceptors (Lipinski definition) is 1. The molecular weight excluding hydrogens is 254 g/mol. The Labute approximate surface area is 126 Å². The van der Waals surface area contributed by atoms with Crippen LogP contribution in [0.15, 0.2) is 72.4 Å². The van der Waals surface area contributed by atoms with E-state index in [1.165, 1.54) is 30.5 Å². The van der Waals surface area contributed by atoms with Crippen LogP contribution in [-0.4, -0.2) is 18.0 Å². The average molecular weight is 275 g/mol. The van der Waals surface area contributed by atoms with Crippen LogP contribution < -0.4 is 0 Å². The van der Waals surface area contributed by atoms with Gasteiger partial charge in [0.15, 0.2) is 0 Å². The van der Waals surface area contributed by atoms with Gasteiger partial charge < -0.3 is 4.90 Å². The Kier molecular flexibility index (Phi) is 3.27. The van der Waals surface area contributed by atoms with Crippen LogP contribution in [0.2, 0.25) is 0 Å². The van der Waals surface area contributed by atoms with Crippen LogP contribution in [0.4, 0.5) is 0 Å². The van der Waals surface area contributed by atoms with Crippen molar-refractivity contribution >= 4 is 0 Å². The van der Waals surface area contributed by atoms with Crippen molar-refractivity contribution in [1.29, 1.82) is 0 Å². The van der Waals surface area contributed by atoms with Gasteiger partial charge in [0.1, 0.15) is 0 Å².